The minimum atomic E-state index is -0.365. The van der Waals surface area contributed by atoms with Crippen LogP contribution in [0.2, 0.25) is 0 Å². The lowest BCUT2D eigenvalue weighted by molar-refractivity contribution is 0.0335. The first kappa shape index (κ1) is 18.6. The van der Waals surface area contributed by atoms with Gasteiger partial charge in [0.05, 0.1) is 11.7 Å². The molecule has 0 aliphatic heterocycles. The normalized spacial score (nSPS) is 14.6. The van der Waals surface area contributed by atoms with Gasteiger partial charge in [-0.15, -0.1) is 11.3 Å². The molecule has 2 heterocycles. The van der Waals surface area contributed by atoms with Gasteiger partial charge in [0.1, 0.15) is 10.8 Å². The fraction of sp³-hybridized carbons (Fsp3) is 0.526. The summed E-state index contributed by atoms with van der Waals surface area (Å²) in [5, 5.41) is 7.25. The second-order valence-corrected chi connectivity index (χ2v) is 7.81. The highest BCUT2D eigenvalue weighted by molar-refractivity contribution is 7.17. The van der Waals surface area contributed by atoms with Crippen molar-refractivity contribution < 1.29 is 18.8 Å². The number of anilines is 1. The number of esters is 1. The van der Waals surface area contributed by atoms with Crippen molar-refractivity contribution >= 4 is 28.2 Å². The van der Waals surface area contributed by atoms with Gasteiger partial charge in [-0.3, -0.25) is 4.79 Å². The fourth-order valence-electron chi connectivity index (χ4n) is 2.99. The number of hydrogen-bond donors (Lipinski definition) is 1. The Bertz CT molecular complexity index is 837. The molecule has 1 aliphatic carbocycles. The van der Waals surface area contributed by atoms with Crippen LogP contribution in [0.5, 0.6) is 0 Å². The largest absolute Gasteiger partial charge is 0.459 e. The second kappa shape index (κ2) is 7.61. The van der Waals surface area contributed by atoms with E-state index in [1.54, 1.807) is 13.8 Å². The van der Waals surface area contributed by atoms with Gasteiger partial charge in [-0.2, -0.15) is 0 Å². The molecule has 3 rings (SSSR count). The van der Waals surface area contributed by atoms with E-state index in [0.717, 1.165) is 42.5 Å². The number of fused-ring (bicyclic) bond motifs is 1. The zero-order chi connectivity index (χ0) is 18.8. The maximum Gasteiger partial charge on any atom is 0.341 e. The molecule has 0 saturated heterocycles. The maximum absolute atomic E-state index is 12.8. The predicted molar refractivity (Wildman–Crippen MR) is 100 cm³/mol. The van der Waals surface area contributed by atoms with Gasteiger partial charge >= 0.3 is 5.97 Å². The number of amides is 1. The minimum Gasteiger partial charge on any atom is -0.459 e. The van der Waals surface area contributed by atoms with Crippen molar-refractivity contribution in [1.82, 2.24) is 5.16 Å². The maximum atomic E-state index is 12.8. The fourth-order valence-corrected chi connectivity index (χ4v) is 4.26. The van der Waals surface area contributed by atoms with E-state index in [4.69, 9.17) is 9.26 Å². The molecule has 0 aromatic carbocycles. The lowest BCUT2D eigenvalue weighted by Crippen LogP contribution is -2.19. The quantitative estimate of drug-likeness (QED) is 0.780. The molecule has 0 spiro atoms. The Kier molecular flexibility index (Phi) is 5.46. The first-order valence-electron chi connectivity index (χ1n) is 9.02. The Morgan fingerprint density at radius 1 is 1.31 bits per heavy atom. The first-order chi connectivity index (χ1) is 12.4. The number of ether oxygens (including phenoxy) is 1. The summed E-state index contributed by atoms with van der Waals surface area (Å²) in [7, 11) is 0. The average molecular weight is 376 g/mol. The third-order valence-corrected chi connectivity index (χ3v) is 6.07. The number of carbonyl (C=O) groups excluding carboxylic acids is 2. The van der Waals surface area contributed by atoms with Gasteiger partial charge in [0.15, 0.2) is 5.69 Å². The van der Waals surface area contributed by atoms with E-state index in [2.05, 4.69) is 10.5 Å². The van der Waals surface area contributed by atoms with Gasteiger partial charge in [-0.05, 0) is 58.4 Å². The van der Waals surface area contributed by atoms with Crippen molar-refractivity contribution in [1.29, 1.82) is 0 Å². The van der Waals surface area contributed by atoms with E-state index in [9.17, 15) is 9.59 Å². The highest BCUT2D eigenvalue weighted by Crippen LogP contribution is 2.39. The number of aromatic nitrogens is 1. The van der Waals surface area contributed by atoms with E-state index in [1.165, 1.54) is 11.3 Å². The van der Waals surface area contributed by atoms with Gasteiger partial charge in [0.2, 0.25) is 0 Å². The van der Waals surface area contributed by atoms with E-state index in [1.807, 2.05) is 13.8 Å². The second-order valence-electron chi connectivity index (χ2n) is 6.71. The molecule has 140 valence electrons. The average Bonchev–Trinajstić information content (AvgIpc) is 3.14. The van der Waals surface area contributed by atoms with Crippen molar-refractivity contribution in [2.75, 3.05) is 5.32 Å². The number of hydrogen-bond acceptors (Lipinski definition) is 6. The Balaban J connectivity index is 1.93. The summed E-state index contributed by atoms with van der Waals surface area (Å²) in [4.78, 5) is 26.6. The summed E-state index contributed by atoms with van der Waals surface area (Å²) in [6, 6.07) is 0. The van der Waals surface area contributed by atoms with E-state index in [0.29, 0.717) is 21.9 Å². The van der Waals surface area contributed by atoms with Crippen molar-refractivity contribution in [2.45, 2.75) is 65.9 Å². The number of nitrogens with zero attached hydrogens (tertiary/aromatic N) is 1. The van der Waals surface area contributed by atoms with Gasteiger partial charge in [0, 0.05) is 10.4 Å². The predicted octanol–water partition coefficient (Wildman–Crippen LogP) is 4.44. The highest BCUT2D eigenvalue weighted by atomic mass is 32.1. The molecule has 1 amide bonds. The molecule has 26 heavy (non-hydrogen) atoms. The Morgan fingerprint density at radius 2 is 2.04 bits per heavy atom. The molecule has 0 radical (unpaired) electrons. The van der Waals surface area contributed by atoms with Gasteiger partial charge in [0.25, 0.3) is 5.91 Å². The van der Waals surface area contributed by atoms with Gasteiger partial charge in [-0.25, -0.2) is 4.79 Å². The van der Waals surface area contributed by atoms with Crippen LogP contribution in [-0.4, -0.2) is 23.1 Å². The van der Waals surface area contributed by atoms with E-state index in [-0.39, 0.29) is 23.7 Å². The number of aryl methyl sites for hydroxylation is 2. The number of carbonyl (C=O) groups is 2. The highest BCUT2D eigenvalue weighted by Gasteiger charge is 2.29. The first-order valence-corrected chi connectivity index (χ1v) is 9.83. The van der Waals surface area contributed by atoms with Crippen LogP contribution < -0.4 is 5.32 Å². The molecule has 1 aliphatic rings. The van der Waals surface area contributed by atoms with Crippen molar-refractivity contribution in [2.24, 2.45) is 0 Å². The Labute approximate surface area is 156 Å². The zero-order valence-corrected chi connectivity index (χ0v) is 16.4. The molecule has 0 fully saturated rings. The SMILES string of the molecule is CC[C@@H](C)OC(=O)c1c(NC(=O)c2noc(C)c2C)sc2c1CCCC2. The van der Waals surface area contributed by atoms with Crippen LogP contribution in [0.25, 0.3) is 0 Å². The van der Waals surface area contributed by atoms with Gasteiger partial charge < -0.3 is 14.6 Å². The van der Waals surface area contributed by atoms with Crippen LogP contribution in [0.4, 0.5) is 5.00 Å². The lowest BCUT2D eigenvalue weighted by Gasteiger charge is -2.15. The van der Waals surface area contributed by atoms with Crippen LogP contribution in [0.1, 0.15) is 75.7 Å². The summed E-state index contributed by atoms with van der Waals surface area (Å²) in [6.45, 7) is 7.39. The molecule has 7 heteroatoms. The molecule has 1 N–H and O–H groups in total. The third-order valence-electron chi connectivity index (χ3n) is 4.86. The molecule has 0 unspecified atom stereocenters. The molecule has 6 nitrogen and oxygen atoms in total. The number of rotatable bonds is 5. The monoisotopic (exact) mass is 376 g/mol. The van der Waals surface area contributed by atoms with Crippen LogP contribution >= 0.6 is 11.3 Å². The Morgan fingerprint density at radius 3 is 2.69 bits per heavy atom. The summed E-state index contributed by atoms with van der Waals surface area (Å²) < 4.78 is 10.6. The molecule has 1 atom stereocenters. The molecular formula is C19H24N2O4S. The minimum absolute atomic E-state index is 0.161. The number of thiophene rings is 1. The molecule has 0 saturated carbocycles. The molecular weight excluding hydrogens is 352 g/mol. The lowest BCUT2D eigenvalue weighted by atomic mass is 9.95. The molecule has 2 aromatic rings. The summed E-state index contributed by atoms with van der Waals surface area (Å²) in [5.41, 5.74) is 2.48. The number of nitrogens with one attached hydrogen (secondary N) is 1. The molecule has 0 bridgehead atoms. The van der Waals surface area contributed by atoms with E-state index >= 15 is 0 Å². The third kappa shape index (κ3) is 3.53. The van der Waals surface area contributed by atoms with Crippen molar-refractivity contribution in [3.63, 3.8) is 0 Å². The van der Waals surface area contributed by atoms with Crippen molar-refractivity contribution in [3.05, 3.63) is 33.0 Å². The zero-order valence-electron chi connectivity index (χ0n) is 15.6. The van der Waals surface area contributed by atoms with Crippen LogP contribution in [0, 0.1) is 13.8 Å². The molecule has 2 aromatic heterocycles. The van der Waals surface area contributed by atoms with Crippen LogP contribution in [0.15, 0.2) is 4.52 Å². The van der Waals surface area contributed by atoms with Gasteiger partial charge in [-0.1, -0.05) is 12.1 Å². The smallest absolute Gasteiger partial charge is 0.341 e. The summed E-state index contributed by atoms with van der Waals surface area (Å²) in [5.74, 6) is -0.116. The topological polar surface area (TPSA) is 81.4 Å². The standard InChI is InChI=1S/C19H24N2O4S/c1-5-10(2)24-19(23)15-13-8-6-7-9-14(13)26-18(15)20-17(22)16-11(3)12(4)25-21-16/h10H,5-9H2,1-4H3,(H,20,22)/t10-/m1/s1. The van der Waals surface area contributed by atoms with Crippen LogP contribution in [-0.2, 0) is 17.6 Å². The van der Waals surface area contributed by atoms with Crippen LogP contribution in [0.3, 0.4) is 0 Å². The van der Waals surface area contributed by atoms with Crippen molar-refractivity contribution in [3.8, 4) is 0 Å². The van der Waals surface area contributed by atoms with E-state index < -0.39 is 0 Å². The Hall–Kier alpha value is -2.15. The summed E-state index contributed by atoms with van der Waals surface area (Å²) >= 11 is 1.47. The summed E-state index contributed by atoms with van der Waals surface area (Å²) in [6.07, 6.45) is 4.50.